The van der Waals surface area contributed by atoms with Gasteiger partial charge in [0, 0.05) is 21.2 Å². The van der Waals surface area contributed by atoms with Gasteiger partial charge in [0.25, 0.3) is 0 Å². The van der Waals surface area contributed by atoms with Gasteiger partial charge in [0.1, 0.15) is 0 Å². The van der Waals surface area contributed by atoms with Crippen LogP contribution in [0.15, 0.2) is 18.2 Å². The standard InChI is InChI=1S/C10H13ClINO/c1-7(6-14)13-5-8-4-9(11)2-3-10(8)12/h2-4,7,13-14H,5-6H2,1H3. The summed E-state index contributed by atoms with van der Waals surface area (Å²) in [5, 5.41) is 12.8. The molecule has 0 aromatic heterocycles. The molecular formula is C10H13ClINO. The number of aliphatic hydroxyl groups is 1. The van der Waals surface area contributed by atoms with Crippen LogP contribution in [-0.4, -0.2) is 17.8 Å². The summed E-state index contributed by atoms with van der Waals surface area (Å²) < 4.78 is 1.18. The zero-order valence-corrected chi connectivity index (χ0v) is 10.8. The van der Waals surface area contributed by atoms with E-state index >= 15 is 0 Å². The van der Waals surface area contributed by atoms with Crippen LogP contribution in [0.25, 0.3) is 0 Å². The molecule has 0 amide bonds. The molecule has 0 bridgehead atoms. The SMILES string of the molecule is CC(CO)NCc1cc(Cl)ccc1I. The molecule has 0 fully saturated rings. The maximum absolute atomic E-state index is 8.85. The second-order valence-electron chi connectivity index (χ2n) is 3.20. The van der Waals surface area contributed by atoms with E-state index in [-0.39, 0.29) is 12.6 Å². The summed E-state index contributed by atoms with van der Waals surface area (Å²) >= 11 is 8.16. The van der Waals surface area contributed by atoms with Gasteiger partial charge in [0.15, 0.2) is 0 Å². The van der Waals surface area contributed by atoms with E-state index < -0.39 is 0 Å². The first-order valence-electron chi connectivity index (χ1n) is 4.41. The Kier molecular flexibility index (Phi) is 5.15. The van der Waals surface area contributed by atoms with Gasteiger partial charge in [-0.15, -0.1) is 0 Å². The van der Waals surface area contributed by atoms with Crippen molar-refractivity contribution in [3.8, 4) is 0 Å². The van der Waals surface area contributed by atoms with Crippen LogP contribution in [0.3, 0.4) is 0 Å². The molecule has 0 saturated carbocycles. The van der Waals surface area contributed by atoms with Gasteiger partial charge in [-0.25, -0.2) is 0 Å². The Morgan fingerprint density at radius 2 is 2.29 bits per heavy atom. The fraction of sp³-hybridized carbons (Fsp3) is 0.400. The number of nitrogens with one attached hydrogen (secondary N) is 1. The first-order valence-corrected chi connectivity index (χ1v) is 5.87. The summed E-state index contributed by atoms with van der Waals surface area (Å²) in [6.45, 7) is 2.83. The van der Waals surface area contributed by atoms with E-state index in [1.54, 1.807) is 0 Å². The summed E-state index contributed by atoms with van der Waals surface area (Å²) in [6, 6.07) is 5.93. The van der Waals surface area contributed by atoms with Gasteiger partial charge < -0.3 is 10.4 Å². The maximum atomic E-state index is 8.85. The summed E-state index contributed by atoms with van der Waals surface area (Å²) in [4.78, 5) is 0. The highest BCUT2D eigenvalue weighted by Crippen LogP contribution is 2.17. The van der Waals surface area contributed by atoms with Crippen molar-refractivity contribution in [1.82, 2.24) is 5.32 Å². The fourth-order valence-corrected chi connectivity index (χ4v) is 1.75. The lowest BCUT2D eigenvalue weighted by Gasteiger charge is -2.11. The molecule has 1 aromatic rings. The van der Waals surface area contributed by atoms with Crippen LogP contribution in [0.1, 0.15) is 12.5 Å². The topological polar surface area (TPSA) is 32.3 Å². The number of hydrogen-bond acceptors (Lipinski definition) is 2. The van der Waals surface area contributed by atoms with Crippen LogP contribution in [0.2, 0.25) is 5.02 Å². The number of hydrogen-bond donors (Lipinski definition) is 2. The lowest BCUT2D eigenvalue weighted by Crippen LogP contribution is -2.28. The largest absolute Gasteiger partial charge is 0.395 e. The lowest BCUT2D eigenvalue weighted by molar-refractivity contribution is 0.251. The van der Waals surface area contributed by atoms with Gasteiger partial charge in [0.05, 0.1) is 6.61 Å². The molecule has 0 radical (unpaired) electrons. The predicted octanol–water partition coefficient (Wildman–Crippen LogP) is 2.42. The maximum Gasteiger partial charge on any atom is 0.0582 e. The van der Waals surface area contributed by atoms with Crippen molar-refractivity contribution < 1.29 is 5.11 Å². The van der Waals surface area contributed by atoms with E-state index in [0.717, 1.165) is 11.6 Å². The minimum atomic E-state index is 0.116. The third-order valence-electron chi connectivity index (χ3n) is 1.92. The zero-order chi connectivity index (χ0) is 10.6. The molecular weight excluding hydrogens is 312 g/mol. The fourth-order valence-electron chi connectivity index (χ4n) is 1.03. The molecule has 2 nitrogen and oxygen atoms in total. The van der Waals surface area contributed by atoms with Crippen LogP contribution in [-0.2, 0) is 6.54 Å². The van der Waals surface area contributed by atoms with Gasteiger partial charge in [-0.3, -0.25) is 0 Å². The Bertz CT molecular complexity index is 306. The minimum absolute atomic E-state index is 0.116. The highest BCUT2D eigenvalue weighted by atomic mass is 127. The Balaban J connectivity index is 2.62. The van der Waals surface area contributed by atoms with E-state index in [9.17, 15) is 0 Å². The van der Waals surface area contributed by atoms with Gasteiger partial charge >= 0.3 is 0 Å². The van der Waals surface area contributed by atoms with Crippen molar-refractivity contribution >= 4 is 34.2 Å². The molecule has 2 N–H and O–H groups in total. The van der Waals surface area contributed by atoms with Crippen LogP contribution in [0, 0.1) is 3.57 Å². The van der Waals surface area contributed by atoms with Crippen LogP contribution >= 0.6 is 34.2 Å². The van der Waals surface area contributed by atoms with Gasteiger partial charge in [-0.2, -0.15) is 0 Å². The van der Waals surface area contributed by atoms with Crippen molar-refractivity contribution in [3.63, 3.8) is 0 Å². The highest BCUT2D eigenvalue weighted by Gasteiger charge is 2.03. The molecule has 78 valence electrons. The zero-order valence-electron chi connectivity index (χ0n) is 7.93. The van der Waals surface area contributed by atoms with E-state index in [2.05, 4.69) is 27.9 Å². The average Bonchev–Trinajstić information content (AvgIpc) is 2.19. The van der Waals surface area contributed by atoms with Crippen molar-refractivity contribution in [2.45, 2.75) is 19.5 Å². The molecule has 1 rings (SSSR count). The third-order valence-corrected chi connectivity index (χ3v) is 3.21. The monoisotopic (exact) mass is 325 g/mol. The molecule has 0 aliphatic rings. The van der Waals surface area contributed by atoms with Gasteiger partial charge in [-0.1, -0.05) is 11.6 Å². The second kappa shape index (κ2) is 5.90. The van der Waals surface area contributed by atoms with E-state index in [1.807, 2.05) is 25.1 Å². The van der Waals surface area contributed by atoms with Crippen LogP contribution < -0.4 is 5.32 Å². The lowest BCUT2D eigenvalue weighted by atomic mass is 10.2. The molecule has 0 saturated heterocycles. The third kappa shape index (κ3) is 3.73. The summed E-state index contributed by atoms with van der Waals surface area (Å²) in [6.07, 6.45) is 0. The second-order valence-corrected chi connectivity index (χ2v) is 4.80. The Hall–Kier alpha value is 0.160. The van der Waals surface area contributed by atoms with E-state index in [4.69, 9.17) is 16.7 Å². The number of benzene rings is 1. The summed E-state index contributed by atoms with van der Waals surface area (Å²) in [5.74, 6) is 0. The Morgan fingerprint density at radius 1 is 1.57 bits per heavy atom. The highest BCUT2D eigenvalue weighted by molar-refractivity contribution is 14.1. The Labute approximate surface area is 103 Å². The molecule has 0 aliphatic carbocycles. The van der Waals surface area contributed by atoms with Crippen molar-refractivity contribution in [2.75, 3.05) is 6.61 Å². The molecule has 4 heteroatoms. The van der Waals surface area contributed by atoms with Crippen molar-refractivity contribution in [1.29, 1.82) is 0 Å². The molecule has 1 aromatic carbocycles. The molecule has 1 atom stereocenters. The molecule has 0 heterocycles. The van der Waals surface area contributed by atoms with E-state index in [1.165, 1.54) is 9.13 Å². The average molecular weight is 326 g/mol. The number of rotatable bonds is 4. The molecule has 14 heavy (non-hydrogen) atoms. The van der Waals surface area contributed by atoms with Crippen molar-refractivity contribution in [2.24, 2.45) is 0 Å². The molecule has 0 aliphatic heterocycles. The normalized spacial score (nSPS) is 12.9. The number of halogens is 2. The first kappa shape index (κ1) is 12.2. The minimum Gasteiger partial charge on any atom is -0.395 e. The van der Waals surface area contributed by atoms with Gasteiger partial charge in [-0.05, 0) is 53.3 Å². The molecule has 1 unspecified atom stereocenters. The summed E-state index contributed by atoms with van der Waals surface area (Å²) in [7, 11) is 0. The van der Waals surface area contributed by atoms with Crippen molar-refractivity contribution in [3.05, 3.63) is 32.4 Å². The number of aliphatic hydroxyl groups excluding tert-OH is 1. The van der Waals surface area contributed by atoms with E-state index in [0.29, 0.717) is 0 Å². The predicted molar refractivity (Wildman–Crippen MR) is 67.6 cm³/mol. The van der Waals surface area contributed by atoms with Gasteiger partial charge in [0.2, 0.25) is 0 Å². The van der Waals surface area contributed by atoms with Crippen LogP contribution in [0.4, 0.5) is 0 Å². The summed E-state index contributed by atoms with van der Waals surface area (Å²) in [5.41, 5.74) is 1.17. The Morgan fingerprint density at radius 3 is 2.93 bits per heavy atom. The first-order chi connectivity index (χ1) is 6.63. The molecule has 0 spiro atoms. The quantitative estimate of drug-likeness (QED) is 0.833. The van der Waals surface area contributed by atoms with Crippen LogP contribution in [0.5, 0.6) is 0 Å². The smallest absolute Gasteiger partial charge is 0.0582 e.